The minimum absolute atomic E-state index is 0.162. The van der Waals surface area contributed by atoms with Crippen molar-refractivity contribution in [3.05, 3.63) is 29.8 Å². The summed E-state index contributed by atoms with van der Waals surface area (Å²) >= 11 is 0. The Morgan fingerprint density at radius 2 is 1.76 bits per heavy atom. The molecule has 0 aromatic heterocycles. The average Bonchev–Trinajstić information content (AvgIpc) is 2.43. The zero-order valence-electron chi connectivity index (χ0n) is 12.3. The van der Waals surface area contributed by atoms with E-state index in [4.69, 9.17) is 5.11 Å². The normalized spacial score (nSPS) is 13.1. The van der Waals surface area contributed by atoms with Crippen LogP contribution in [0.4, 0.5) is 5.69 Å². The molecule has 1 aromatic carbocycles. The molecule has 0 radical (unpaired) electrons. The molecule has 0 aliphatic rings. The maximum Gasteiger partial charge on any atom is 0.326 e. The molecule has 2 atom stereocenters. The molecule has 0 heterocycles. The largest absolute Gasteiger partial charge is 0.480 e. The predicted octanol–water partition coefficient (Wildman–Crippen LogP) is 1.87. The van der Waals surface area contributed by atoms with Crippen molar-refractivity contribution in [3.63, 3.8) is 0 Å². The molecule has 1 aromatic rings. The second-order valence-corrected chi connectivity index (χ2v) is 4.93. The Balaban J connectivity index is 2.78. The van der Waals surface area contributed by atoms with Crippen LogP contribution < -0.4 is 10.6 Å². The molecule has 0 saturated heterocycles. The van der Waals surface area contributed by atoms with Crippen molar-refractivity contribution in [2.24, 2.45) is 5.92 Å². The van der Waals surface area contributed by atoms with E-state index in [9.17, 15) is 14.4 Å². The Labute approximate surface area is 123 Å². The second kappa shape index (κ2) is 7.42. The van der Waals surface area contributed by atoms with Gasteiger partial charge >= 0.3 is 5.97 Å². The molecule has 2 amide bonds. The summed E-state index contributed by atoms with van der Waals surface area (Å²) in [4.78, 5) is 34.1. The van der Waals surface area contributed by atoms with Crippen LogP contribution in [0, 0.1) is 5.92 Å². The van der Waals surface area contributed by atoms with Crippen molar-refractivity contribution in [2.45, 2.75) is 33.2 Å². The first-order valence-corrected chi connectivity index (χ1v) is 6.76. The van der Waals surface area contributed by atoms with E-state index in [0.717, 1.165) is 0 Å². The lowest BCUT2D eigenvalue weighted by Gasteiger charge is -2.20. The lowest BCUT2D eigenvalue weighted by molar-refractivity contribution is -0.140. The van der Waals surface area contributed by atoms with Gasteiger partial charge in [-0.1, -0.05) is 20.3 Å². The molecule has 0 spiro atoms. The van der Waals surface area contributed by atoms with Crippen molar-refractivity contribution in [1.82, 2.24) is 5.32 Å². The Morgan fingerprint density at radius 3 is 2.19 bits per heavy atom. The quantitative estimate of drug-likeness (QED) is 0.746. The van der Waals surface area contributed by atoms with Crippen LogP contribution in [0.2, 0.25) is 0 Å². The number of hydrogen-bond acceptors (Lipinski definition) is 3. The third-order valence-corrected chi connectivity index (χ3v) is 3.23. The van der Waals surface area contributed by atoms with Gasteiger partial charge in [0.2, 0.25) is 5.91 Å². The maximum absolute atomic E-state index is 12.1. The number of amides is 2. The molecule has 6 heteroatoms. The van der Waals surface area contributed by atoms with Crippen LogP contribution in [0.15, 0.2) is 24.3 Å². The smallest absolute Gasteiger partial charge is 0.326 e. The van der Waals surface area contributed by atoms with Gasteiger partial charge < -0.3 is 15.7 Å². The molecule has 0 unspecified atom stereocenters. The zero-order chi connectivity index (χ0) is 16.0. The minimum atomic E-state index is -1.05. The summed E-state index contributed by atoms with van der Waals surface area (Å²) in [5.41, 5.74) is 0.925. The maximum atomic E-state index is 12.1. The first kappa shape index (κ1) is 16.7. The SMILES string of the molecule is CC[C@@H](C)[C@H](NC(=O)c1ccc(NC(C)=O)cc1)C(=O)O. The Morgan fingerprint density at radius 1 is 1.19 bits per heavy atom. The van der Waals surface area contributed by atoms with Crippen LogP contribution in [0.1, 0.15) is 37.6 Å². The van der Waals surface area contributed by atoms with Crippen LogP contribution in [-0.4, -0.2) is 28.9 Å². The number of benzene rings is 1. The first-order chi connectivity index (χ1) is 9.85. The fraction of sp³-hybridized carbons (Fsp3) is 0.400. The highest BCUT2D eigenvalue weighted by molar-refractivity contribution is 5.97. The van der Waals surface area contributed by atoms with Gasteiger partial charge in [-0.2, -0.15) is 0 Å². The Hall–Kier alpha value is -2.37. The number of carbonyl (C=O) groups is 3. The molecule has 0 aliphatic heterocycles. The summed E-state index contributed by atoms with van der Waals surface area (Å²) < 4.78 is 0. The molecule has 21 heavy (non-hydrogen) atoms. The number of hydrogen-bond donors (Lipinski definition) is 3. The highest BCUT2D eigenvalue weighted by Gasteiger charge is 2.25. The average molecular weight is 292 g/mol. The number of carboxylic acid groups (broad SMARTS) is 1. The summed E-state index contributed by atoms with van der Waals surface area (Å²) in [6, 6.07) is 5.34. The van der Waals surface area contributed by atoms with Gasteiger partial charge in [-0.25, -0.2) is 4.79 Å². The van der Waals surface area contributed by atoms with Gasteiger partial charge in [-0.3, -0.25) is 9.59 Å². The van der Waals surface area contributed by atoms with E-state index in [2.05, 4.69) is 10.6 Å². The van der Waals surface area contributed by atoms with Crippen LogP contribution in [0.3, 0.4) is 0 Å². The topological polar surface area (TPSA) is 95.5 Å². The summed E-state index contributed by atoms with van der Waals surface area (Å²) in [6.07, 6.45) is 0.652. The number of aliphatic carboxylic acids is 1. The predicted molar refractivity (Wildman–Crippen MR) is 79.1 cm³/mol. The van der Waals surface area contributed by atoms with Crippen LogP contribution in [0.5, 0.6) is 0 Å². The molecule has 3 N–H and O–H groups in total. The van der Waals surface area contributed by atoms with Crippen LogP contribution >= 0.6 is 0 Å². The van der Waals surface area contributed by atoms with E-state index >= 15 is 0 Å². The van der Waals surface area contributed by atoms with Gasteiger partial charge in [0.25, 0.3) is 5.91 Å². The van der Waals surface area contributed by atoms with Crippen molar-refractivity contribution in [3.8, 4) is 0 Å². The van der Waals surface area contributed by atoms with Crippen LogP contribution in [0.25, 0.3) is 0 Å². The van der Waals surface area contributed by atoms with E-state index in [1.54, 1.807) is 19.1 Å². The fourth-order valence-electron chi connectivity index (χ4n) is 1.82. The fourth-order valence-corrected chi connectivity index (χ4v) is 1.82. The number of rotatable bonds is 6. The van der Waals surface area contributed by atoms with Gasteiger partial charge in [0.1, 0.15) is 6.04 Å². The highest BCUT2D eigenvalue weighted by Crippen LogP contribution is 2.12. The highest BCUT2D eigenvalue weighted by atomic mass is 16.4. The van der Waals surface area contributed by atoms with E-state index in [0.29, 0.717) is 17.7 Å². The van der Waals surface area contributed by atoms with Crippen molar-refractivity contribution in [2.75, 3.05) is 5.32 Å². The van der Waals surface area contributed by atoms with Gasteiger partial charge in [-0.05, 0) is 30.2 Å². The molecule has 0 aliphatic carbocycles. The number of carboxylic acids is 1. The number of anilines is 1. The van der Waals surface area contributed by atoms with E-state index in [1.807, 2.05) is 6.92 Å². The van der Waals surface area contributed by atoms with Gasteiger partial charge in [0.05, 0.1) is 0 Å². The Kier molecular flexibility index (Phi) is 5.90. The standard InChI is InChI=1S/C15H20N2O4/c1-4-9(2)13(15(20)21)17-14(19)11-5-7-12(8-6-11)16-10(3)18/h5-9,13H,4H2,1-3H3,(H,16,18)(H,17,19)(H,20,21)/t9-,13+/m1/s1. The summed E-state index contributed by atoms with van der Waals surface area (Å²) in [6.45, 7) is 5.04. The Bertz CT molecular complexity index is 525. The van der Waals surface area contributed by atoms with Gasteiger partial charge in [-0.15, -0.1) is 0 Å². The van der Waals surface area contributed by atoms with E-state index in [1.165, 1.54) is 19.1 Å². The van der Waals surface area contributed by atoms with Crippen molar-refractivity contribution < 1.29 is 19.5 Å². The molecule has 0 fully saturated rings. The molecular weight excluding hydrogens is 272 g/mol. The van der Waals surface area contributed by atoms with E-state index < -0.39 is 17.9 Å². The van der Waals surface area contributed by atoms with Gasteiger partial charge in [0.15, 0.2) is 0 Å². The van der Waals surface area contributed by atoms with Crippen molar-refractivity contribution >= 4 is 23.5 Å². The summed E-state index contributed by atoms with van der Waals surface area (Å²) in [5.74, 6) is -1.86. The monoisotopic (exact) mass is 292 g/mol. The number of carbonyl (C=O) groups excluding carboxylic acids is 2. The summed E-state index contributed by atoms with van der Waals surface area (Å²) in [7, 11) is 0. The molecule has 114 valence electrons. The van der Waals surface area contributed by atoms with E-state index in [-0.39, 0.29) is 11.8 Å². The zero-order valence-corrected chi connectivity index (χ0v) is 12.3. The number of nitrogens with one attached hydrogen (secondary N) is 2. The third kappa shape index (κ3) is 4.91. The molecule has 0 saturated carbocycles. The first-order valence-electron chi connectivity index (χ1n) is 6.76. The third-order valence-electron chi connectivity index (χ3n) is 3.23. The van der Waals surface area contributed by atoms with Crippen LogP contribution in [-0.2, 0) is 9.59 Å². The molecule has 0 bridgehead atoms. The second-order valence-electron chi connectivity index (χ2n) is 4.93. The van der Waals surface area contributed by atoms with Crippen molar-refractivity contribution in [1.29, 1.82) is 0 Å². The summed E-state index contributed by atoms with van der Waals surface area (Å²) in [5, 5.41) is 14.3. The molecule has 1 rings (SSSR count). The lowest BCUT2D eigenvalue weighted by Crippen LogP contribution is -2.45. The molecule has 6 nitrogen and oxygen atoms in total. The van der Waals surface area contributed by atoms with Gasteiger partial charge in [0, 0.05) is 18.2 Å². The minimum Gasteiger partial charge on any atom is -0.480 e. The lowest BCUT2D eigenvalue weighted by atomic mass is 9.99. The molecular formula is C15H20N2O4.